The highest BCUT2D eigenvalue weighted by atomic mass is 19.3. The molecule has 2 aromatic rings. The van der Waals surface area contributed by atoms with Gasteiger partial charge in [0, 0.05) is 58.2 Å². The Hall–Kier alpha value is -3.24. The lowest BCUT2D eigenvalue weighted by atomic mass is 10.00. The average molecular weight is 530 g/mol. The zero-order valence-electron chi connectivity index (χ0n) is 21.2. The maximum atomic E-state index is 13.3. The number of likely N-dealkylation sites (tertiary alicyclic amines) is 1. The molecule has 1 unspecified atom stereocenters. The van der Waals surface area contributed by atoms with E-state index < -0.39 is 18.4 Å². The fraction of sp³-hybridized carbons (Fsp3) is 0.500. The number of carbonyl (C=O) groups excluding carboxylic acids is 2. The van der Waals surface area contributed by atoms with Gasteiger partial charge in [-0.25, -0.2) is 0 Å². The van der Waals surface area contributed by atoms with Crippen LogP contribution in [0.5, 0.6) is 11.5 Å². The van der Waals surface area contributed by atoms with Gasteiger partial charge in [0.1, 0.15) is 24.2 Å². The Morgan fingerprint density at radius 3 is 2.58 bits per heavy atom. The maximum absolute atomic E-state index is 13.3. The zero-order valence-corrected chi connectivity index (χ0v) is 21.2. The molecule has 0 bridgehead atoms. The van der Waals surface area contributed by atoms with Crippen molar-refractivity contribution in [1.82, 2.24) is 14.7 Å². The lowest BCUT2D eigenvalue weighted by molar-refractivity contribution is -0.144. The summed E-state index contributed by atoms with van der Waals surface area (Å²) in [5.74, 6) is -0.404. The molecular weight excluding hydrogens is 496 g/mol. The van der Waals surface area contributed by atoms with Crippen molar-refractivity contribution in [3.05, 3.63) is 59.2 Å². The molecule has 10 heteroatoms. The Labute approximate surface area is 220 Å². The minimum absolute atomic E-state index is 0.203. The summed E-state index contributed by atoms with van der Waals surface area (Å²) in [7, 11) is 0. The van der Waals surface area contributed by atoms with Gasteiger partial charge in [-0.05, 0) is 29.7 Å². The number of carbonyl (C=O) groups is 2. The monoisotopic (exact) mass is 529 g/mol. The highest BCUT2D eigenvalue weighted by Gasteiger charge is 2.30. The van der Waals surface area contributed by atoms with Gasteiger partial charge in [-0.1, -0.05) is 24.3 Å². The fourth-order valence-corrected chi connectivity index (χ4v) is 5.43. The van der Waals surface area contributed by atoms with E-state index in [0.717, 1.165) is 24.4 Å². The number of β-amino-alcohol motifs (C(OH)–C–C–N with tert-alkyl or cyclic N) is 1. The van der Waals surface area contributed by atoms with Crippen LogP contribution in [-0.4, -0.2) is 96.1 Å². The normalized spacial score (nSPS) is 19.4. The molecule has 1 N–H and O–H groups in total. The molecule has 2 amide bonds. The second-order valence-corrected chi connectivity index (χ2v) is 10.1. The van der Waals surface area contributed by atoms with Gasteiger partial charge in [-0.2, -0.15) is 8.78 Å². The number of hydrogen-bond acceptors (Lipinski definition) is 6. The summed E-state index contributed by atoms with van der Waals surface area (Å²) in [6.45, 7) is 3.45. The van der Waals surface area contributed by atoms with Crippen LogP contribution in [0.3, 0.4) is 0 Å². The van der Waals surface area contributed by atoms with Crippen LogP contribution in [0.25, 0.3) is 0 Å². The molecule has 0 saturated carbocycles. The van der Waals surface area contributed by atoms with Gasteiger partial charge in [-0.15, -0.1) is 0 Å². The van der Waals surface area contributed by atoms with Crippen LogP contribution in [0.15, 0.2) is 42.5 Å². The Bertz CT molecular complexity index is 1160. The van der Waals surface area contributed by atoms with Gasteiger partial charge in [0.2, 0.25) is 0 Å². The van der Waals surface area contributed by atoms with Gasteiger partial charge in [0.25, 0.3) is 11.8 Å². The first-order valence-corrected chi connectivity index (χ1v) is 13.1. The van der Waals surface area contributed by atoms with Crippen LogP contribution in [-0.2, 0) is 17.8 Å². The third kappa shape index (κ3) is 6.07. The molecule has 1 atom stereocenters. The second-order valence-electron chi connectivity index (χ2n) is 10.1. The molecule has 8 nitrogen and oxygen atoms in total. The van der Waals surface area contributed by atoms with Crippen LogP contribution < -0.4 is 9.47 Å². The summed E-state index contributed by atoms with van der Waals surface area (Å²) in [4.78, 5) is 29.8. The Morgan fingerprint density at radius 2 is 1.82 bits per heavy atom. The first kappa shape index (κ1) is 26.4. The topological polar surface area (TPSA) is 82.5 Å². The molecule has 0 aromatic heterocycles. The zero-order chi connectivity index (χ0) is 26.6. The number of ether oxygens (including phenoxy) is 2. The minimum Gasteiger partial charge on any atom is -0.491 e. The van der Waals surface area contributed by atoms with Crippen LogP contribution >= 0.6 is 0 Å². The lowest BCUT2D eigenvalue weighted by Gasteiger charge is -2.32. The van der Waals surface area contributed by atoms with Crippen LogP contribution in [0, 0.1) is 0 Å². The number of benzene rings is 2. The second kappa shape index (κ2) is 11.7. The number of hydrogen-bond donors (Lipinski definition) is 1. The van der Waals surface area contributed by atoms with E-state index in [9.17, 15) is 23.5 Å². The molecule has 3 aliphatic rings. The number of piperidine rings is 1. The van der Waals surface area contributed by atoms with Crippen molar-refractivity contribution in [2.45, 2.75) is 44.4 Å². The third-order valence-electron chi connectivity index (χ3n) is 7.44. The highest BCUT2D eigenvalue weighted by molar-refractivity contribution is 5.97. The largest absolute Gasteiger partial charge is 0.491 e. The summed E-state index contributed by atoms with van der Waals surface area (Å²) >= 11 is 0. The number of amides is 2. The van der Waals surface area contributed by atoms with Crippen molar-refractivity contribution >= 4 is 11.8 Å². The summed E-state index contributed by atoms with van der Waals surface area (Å²) in [6.07, 6.45) is -2.05. The van der Waals surface area contributed by atoms with Gasteiger partial charge >= 0.3 is 6.43 Å². The Morgan fingerprint density at radius 1 is 1.05 bits per heavy atom. The molecule has 38 heavy (non-hydrogen) atoms. The molecule has 2 aromatic carbocycles. The van der Waals surface area contributed by atoms with E-state index in [-0.39, 0.29) is 31.6 Å². The summed E-state index contributed by atoms with van der Waals surface area (Å²) in [5, 5.41) is 10.8. The van der Waals surface area contributed by atoms with E-state index in [0.29, 0.717) is 49.6 Å². The number of halogens is 2. The molecule has 3 aliphatic heterocycles. The summed E-state index contributed by atoms with van der Waals surface area (Å²) in [5.41, 5.74) is 3.04. The number of aliphatic hydroxyl groups is 1. The van der Waals surface area contributed by atoms with Crippen molar-refractivity contribution < 1.29 is 33.0 Å². The first-order chi connectivity index (χ1) is 18.4. The van der Waals surface area contributed by atoms with Crippen molar-refractivity contribution in [3.8, 4) is 11.5 Å². The molecule has 3 heterocycles. The maximum Gasteiger partial charge on any atom is 0.315 e. The molecule has 0 radical (unpaired) electrons. The van der Waals surface area contributed by atoms with Crippen molar-refractivity contribution in [2.24, 2.45) is 0 Å². The Kier molecular flexibility index (Phi) is 8.09. The van der Waals surface area contributed by atoms with Gasteiger partial charge in [-0.3, -0.25) is 14.5 Å². The fourth-order valence-electron chi connectivity index (χ4n) is 5.43. The van der Waals surface area contributed by atoms with Crippen molar-refractivity contribution in [2.75, 3.05) is 45.9 Å². The molecule has 0 aliphatic carbocycles. The van der Waals surface area contributed by atoms with E-state index in [4.69, 9.17) is 9.47 Å². The van der Waals surface area contributed by atoms with Crippen molar-refractivity contribution in [3.63, 3.8) is 0 Å². The lowest BCUT2D eigenvalue weighted by Crippen LogP contribution is -2.44. The van der Waals surface area contributed by atoms with E-state index in [1.165, 1.54) is 11.1 Å². The van der Waals surface area contributed by atoms with Crippen LogP contribution in [0.1, 0.15) is 34.3 Å². The SMILES string of the molecule is O=C1c2ccc(OC3CCN(C(=O)C(F)F)CC3)cc2OCCN1CC(O)CN1CCc2ccccc2C1. The molecule has 204 valence electrons. The quantitative estimate of drug-likeness (QED) is 0.594. The molecule has 5 rings (SSSR count). The minimum atomic E-state index is -2.99. The number of nitrogens with zero attached hydrogens (tertiary/aromatic N) is 3. The van der Waals surface area contributed by atoms with Crippen LogP contribution in [0.4, 0.5) is 8.78 Å². The highest BCUT2D eigenvalue weighted by Crippen LogP contribution is 2.30. The van der Waals surface area contributed by atoms with E-state index in [1.54, 1.807) is 23.1 Å². The Balaban J connectivity index is 1.15. The number of alkyl halides is 2. The number of rotatable bonds is 7. The van der Waals surface area contributed by atoms with Gasteiger partial charge in [0.15, 0.2) is 0 Å². The van der Waals surface area contributed by atoms with E-state index in [2.05, 4.69) is 23.1 Å². The molecular formula is C28H33F2N3O5. The molecule has 1 saturated heterocycles. The summed E-state index contributed by atoms with van der Waals surface area (Å²) < 4.78 is 37.2. The first-order valence-electron chi connectivity index (χ1n) is 13.1. The van der Waals surface area contributed by atoms with E-state index >= 15 is 0 Å². The van der Waals surface area contributed by atoms with Gasteiger partial charge in [0.05, 0.1) is 18.2 Å². The number of aliphatic hydroxyl groups excluding tert-OH is 1. The standard InChI is InChI=1S/C28H33F2N3O5/c29-26(30)28(36)32-11-8-22(9-12-32)38-23-5-6-24-25(15-23)37-14-13-33(27(24)35)18-21(34)17-31-10-7-19-3-1-2-4-20(19)16-31/h1-6,15,21-22,26,34H,7-14,16-18H2. The van der Waals surface area contributed by atoms with E-state index in [1.807, 2.05) is 6.07 Å². The smallest absolute Gasteiger partial charge is 0.315 e. The number of fused-ring (bicyclic) bond motifs is 2. The van der Waals surface area contributed by atoms with Crippen LogP contribution in [0.2, 0.25) is 0 Å². The molecule has 0 spiro atoms. The average Bonchev–Trinajstić information content (AvgIpc) is 3.06. The predicted molar refractivity (Wildman–Crippen MR) is 136 cm³/mol. The van der Waals surface area contributed by atoms with Crippen molar-refractivity contribution in [1.29, 1.82) is 0 Å². The predicted octanol–water partition coefficient (Wildman–Crippen LogP) is 2.58. The summed E-state index contributed by atoms with van der Waals surface area (Å²) in [6, 6.07) is 13.4. The van der Waals surface area contributed by atoms with Gasteiger partial charge < -0.3 is 24.4 Å². The third-order valence-corrected chi connectivity index (χ3v) is 7.44. The molecule has 1 fully saturated rings.